The molecule has 0 N–H and O–H groups in total. The molecule has 0 aliphatic rings. The number of hydrogen-bond acceptors (Lipinski definition) is 7. The number of ether oxygens (including phenoxy) is 1. The summed E-state index contributed by atoms with van der Waals surface area (Å²) in [6.07, 6.45) is 8.68. The SMILES string of the molecule is COc1ncnn2ccc(-c3cnc4nc(C)n(Cc5cncc(C)n5)c4c3)c12. The highest BCUT2D eigenvalue weighted by Gasteiger charge is 2.16. The van der Waals surface area contributed by atoms with Gasteiger partial charge in [0.15, 0.2) is 5.65 Å². The summed E-state index contributed by atoms with van der Waals surface area (Å²) in [4.78, 5) is 22.2. The van der Waals surface area contributed by atoms with E-state index < -0.39 is 0 Å². The third-order valence-electron chi connectivity index (χ3n) is 4.85. The van der Waals surface area contributed by atoms with E-state index in [0.717, 1.165) is 39.4 Å². The van der Waals surface area contributed by atoms with Gasteiger partial charge in [-0.3, -0.25) is 9.97 Å². The van der Waals surface area contributed by atoms with Gasteiger partial charge in [0, 0.05) is 29.7 Å². The molecule has 0 saturated carbocycles. The van der Waals surface area contributed by atoms with Gasteiger partial charge in [-0.2, -0.15) is 10.1 Å². The van der Waals surface area contributed by atoms with E-state index in [1.165, 1.54) is 6.33 Å². The molecule has 29 heavy (non-hydrogen) atoms. The summed E-state index contributed by atoms with van der Waals surface area (Å²) in [5.74, 6) is 1.38. The quantitative estimate of drug-likeness (QED) is 0.468. The number of nitrogens with zero attached hydrogens (tertiary/aromatic N) is 8. The van der Waals surface area contributed by atoms with Crippen LogP contribution in [0.3, 0.4) is 0 Å². The molecular weight excluding hydrogens is 368 g/mol. The van der Waals surface area contributed by atoms with Crippen LogP contribution in [-0.4, -0.2) is 46.2 Å². The van der Waals surface area contributed by atoms with E-state index in [1.807, 2.05) is 32.3 Å². The lowest BCUT2D eigenvalue weighted by molar-refractivity contribution is 0.399. The highest BCUT2D eigenvalue weighted by molar-refractivity contribution is 5.87. The van der Waals surface area contributed by atoms with E-state index in [-0.39, 0.29) is 0 Å². The van der Waals surface area contributed by atoms with Gasteiger partial charge in [-0.1, -0.05) is 0 Å². The second-order valence-electron chi connectivity index (χ2n) is 6.76. The second kappa shape index (κ2) is 6.62. The third-order valence-corrected chi connectivity index (χ3v) is 4.85. The normalized spacial score (nSPS) is 11.4. The van der Waals surface area contributed by atoms with Crippen LogP contribution in [0.4, 0.5) is 0 Å². The van der Waals surface area contributed by atoms with E-state index in [4.69, 9.17) is 4.74 Å². The van der Waals surface area contributed by atoms with Crippen molar-refractivity contribution in [1.29, 1.82) is 0 Å². The van der Waals surface area contributed by atoms with Crippen LogP contribution in [-0.2, 0) is 6.54 Å². The number of aryl methyl sites for hydroxylation is 2. The molecule has 0 bridgehead atoms. The van der Waals surface area contributed by atoms with E-state index in [0.29, 0.717) is 18.1 Å². The summed E-state index contributed by atoms with van der Waals surface area (Å²) >= 11 is 0. The second-order valence-corrected chi connectivity index (χ2v) is 6.76. The lowest BCUT2D eigenvalue weighted by Gasteiger charge is -2.08. The highest BCUT2D eigenvalue weighted by Crippen LogP contribution is 2.31. The topological polar surface area (TPSA) is 95.9 Å². The van der Waals surface area contributed by atoms with Gasteiger partial charge >= 0.3 is 0 Å². The molecule has 0 spiro atoms. The van der Waals surface area contributed by atoms with Gasteiger partial charge in [-0.15, -0.1) is 0 Å². The Morgan fingerprint density at radius 2 is 1.97 bits per heavy atom. The number of imidazole rings is 1. The maximum Gasteiger partial charge on any atom is 0.241 e. The molecule has 5 heterocycles. The van der Waals surface area contributed by atoms with Crippen LogP contribution >= 0.6 is 0 Å². The van der Waals surface area contributed by atoms with Gasteiger partial charge < -0.3 is 9.30 Å². The largest absolute Gasteiger partial charge is 0.479 e. The van der Waals surface area contributed by atoms with Crippen molar-refractivity contribution in [3.63, 3.8) is 0 Å². The smallest absolute Gasteiger partial charge is 0.241 e. The van der Waals surface area contributed by atoms with Gasteiger partial charge in [0.2, 0.25) is 5.88 Å². The average Bonchev–Trinajstić information content (AvgIpc) is 3.29. The first-order chi connectivity index (χ1) is 14.1. The van der Waals surface area contributed by atoms with Crippen LogP contribution in [0.2, 0.25) is 0 Å². The first-order valence-electron chi connectivity index (χ1n) is 9.11. The fourth-order valence-corrected chi connectivity index (χ4v) is 3.53. The molecule has 5 rings (SSSR count). The Balaban J connectivity index is 1.66. The zero-order chi connectivity index (χ0) is 20.0. The molecule has 0 amide bonds. The lowest BCUT2D eigenvalue weighted by atomic mass is 10.1. The Kier molecular flexibility index (Phi) is 3.94. The van der Waals surface area contributed by atoms with Crippen LogP contribution in [0.25, 0.3) is 27.8 Å². The average molecular weight is 386 g/mol. The van der Waals surface area contributed by atoms with Gasteiger partial charge in [0.05, 0.1) is 36.8 Å². The number of hydrogen-bond donors (Lipinski definition) is 0. The Bertz CT molecular complexity index is 1350. The summed E-state index contributed by atoms with van der Waals surface area (Å²) < 4.78 is 9.27. The van der Waals surface area contributed by atoms with Crippen molar-refractivity contribution in [3.05, 3.63) is 60.5 Å². The van der Waals surface area contributed by atoms with E-state index in [9.17, 15) is 0 Å². The van der Waals surface area contributed by atoms with Crippen molar-refractivity contribution in [1.82, 2.24) is 39.1 Å². The summed E-state index contributed by atoms with van der Waals surface area (Å²) in [6.45, 7) is 4.48. The van der Waals surface area contributed by atoms with E-state index in [1.54, 1.807) is 24.0 Å². The van der Waals surface area contributed by atoms with Crippen molar-refractivity contribution in [3.8, 4) is 17.0 Å². The monoisotopic (exact) mass is 386 g/mol. The van der Waals surface area contributed by atoms with Crippen molar-refractivity contribution >= 4 is 16.7 Å². The first kappa shape index (κ1) is 17.2. The fraction of sp³-hybridized carbons (Fsp3) is 0.200. The van der Waals surface area contributed by atoms with E-state index in [2.05, 4.69) is 40.7 Å². The lowest BCUT2D eigenvalue weighted by Crippen LogP contribution is -2.05. The van der Waals surface area contributed by atoms with Gasteiger partial charge in [-0.05, 0) is 26.0 Å². The number of rotatable bonds is 4. The van der Waals surface area contributed by atoms with Crippen LogP contribution in [0.15, 0.2) is 43.2 Å². The van der Waals surface area contributed by atoms with Crippen LogP contribution in [0, 0.1) is 13.8 Å². The summed E-state index contributed by atoms with van der Waals surface area (Å²) in [5, 5.41) is 4.26. The zero-order valence-corrected chi connectivity index (χ0v) is 16.2. The Morgan fingerprint density at radius 3 is 2.79 bits per heavy atom. The molecule has 0 aliphatic carbocycles. The summed E-state index contributed by atoms with van der Waals surface area (Å²) in [7, 11) is 1.60. The molecule has 0 fully saturated rings. The van der Waals surface area contributed by atoms with Crippen LogP contribution in [0.5, 0.6) is 5.88 Å². The molecule has 0 saturated heterocycles. The number of pyridine rings is 1. The molecule has 9 nitrogen and oxygen atoms in total. The molecule has 5 aromatic rings. The maximum atomic E-state index is 5.43. The maximum absolute atomic E-state index is 5.43. The van der Waals surface area contributed by atoms with Gasteiger partial charge in [0.1, 0.15) is 17.7 Å². The van der Waals surface area contributed by atoms with Crippen LogP contribution < -0.4 is 4.74 Å². The Hall–Kier alpha value is -3.88. The predicted octanol–water partition coefficient (Wildman–Crippen LogP) is 2.60. The Labute approximate surface area is 166 Å². The molecule has 5 aromatic heterocycles. The molecule has 0 unspecified atom stereocenters. The molecule has 0 atom stereocenters. The summed E-state index contributed by atoms with van der Waals surface area (Å²) in [5.41, 5.74) is 6.06. The minimum Gasteiger partial charge on any atom is -0.479 e. The molecule has 0 radical (unpaired) electrons. The molecular formula is C20H18N8O. The number of aromatic nitrogens is 8. The number of methoxy groups -OCH3 is 1. The molecule has 9 heteroatoms. The van der Waals surface area contributed by atoms with Crippen molar-refractivity contribution in [2.24, 2.45) is 0 Å². The minimum atomic E-state index is 0.514. The van der Waals surface area contributed by atoms with Crippen molar-refractivity contribution < 1.29 is 4.74 Å². The van der Waals surface area contributed by atoms with Crippen LogP contribution in [0.1, 0.15) is 17.2 Å². The minimum absolute atomic E-state index is 0.514. The zero-order valence-electron chi connectivity index (χ0n) is 16.2. The number of fused-ring (bicyclic) bond motifs is 2. The molecule has 0 aliphatic heterocycles. The fourth-order valence-electron chi connectivity index (χ4n) is 3.53. The summed E-state index contributed by atoms with van der Waals surface area (Å²) in [6, 6.07) is 4.06. The van der Waals surface area contributed by atoms with E-state index >= 15 is 0 Å². The van der Waals surface area contributed by atoms with Gasteiger partial charge in [-0.25, -0.2) is 14.5 Å². The first-order valence-corrected chi connectivity index (χ1v) is 9.11. The van der Waals surface area contributed by atoms with Crippen molar-refractivity contribution in [2.45, 2.75) is 20.4 Å². The molecule has 0 aromatic carbocycles. The highest BCUT2D eigenvalue weighted by atomic mass is 16.5. The standard InChI is InChI=1S/C20H18N8O/c1-12-7-21-9-15(25-12)10-27-13(2)26-19-17(27)6-14(8-22-19)16-4-5-28-18(16)20(29-3)23-11-24-28/h4-9,11H,10H2,1-3H3. The van der Waals surface area contributed by atoms with Crippen molar-refractivity contribution in [2.75, 3.05) is 7.11 Å². The van der Waals surface area contributed by atoms with Gasteiger partial charge in [0.25, 0.3) is 0 Å². The predicted molar refractivity (Wildman–Crippen MR) is 107 cm³/mol. The molecule has 144 valence electrons. The third kappa shape index (κ3) is 2.87. The Morgan fingerprint density at radius 1 is 1.07 bits per heavy atom.